The Morgan fingerprint density at radius 3 is 2.26 bits per heavy atom. The summed E-state index contributed by atoms with van der Waals surface area (Å²) >= 11 is 0. The van der Waals surface area contributed by atoms with E-state index in [1.807, 2.05) is 26.8 Å². The maximum Gasteiger partial charge on any atom is 0.257 e. The minimum Gasteiger partial charge on any atom is -0.321 e. The lowest BCUT2D eigenvalue weighted by molar-refractivity contribution is 0.102. The van der Waals surface area contributed by atoms with Crippen LogP contribution in [0.25, 0.3) is 0 Å². The highest BCUT2D eigenvalue weighted by molar-refractivity contribution is 6.05. The summed E-state index contributed by atoms with van der Waals surface area (Å²) in [6, 6.07) is 5.97. The van der Waals surface area contributed by atoms with Gasteiger partial charge in [-0.15, -0.1) is 0 Å². The van der Waals surface area contributed by atoms with Crippen molar-refractivity contribution in [1.29, 1.82) is 0 Å². The van der Waals surface area contributed by atoms with Gasteiger partial charge in [-0.05, 0) is 50.5 Å². The Labute approximate surface area is 113 Å². The second-order valence-corrected chi connectivity index (χ2v) is 4.92. The molecule has 0 atom stereocenters. The number of aryl methyl sites for hydroxylation is 4. The third kappa shape index (κ3) is 2.81. The van der Waals surface area contributed by atoms with Gasteiger partial charge in [0.25, 0.3) is 5.91 Å². The lowest BCUT2D eigenvalue weighted by atomic mass is 10.0. The number of benzene rings is 1. The van der Waals surface area contributed by atoms with Crippen molar-refractivity contribution in [2.24, 2.45) is 0 Å². The van der Waals surface area contributed by atoms with Crippen LogP contribution in [0.4, 0.5) is 5.69 Å². The molecule has 3 heteroatoms. The van der Waals surface area contributed by atoms with Crippen molar-refractivity contribution < 1.29 is 4.79 Å². The number of nitrogens with one attached hydrogen (secondary N) is 1. The molecule has 19 heavy (non-hydrogen) atoms. The predicted molar refractivity (Wildman–Crippen MR) is 77.6 cm³/mol. The lowest BCUT2D eigenvalue weighted by Gasteiger charge is -2.13. The molecule has 0 aliphatic rings. The van der Waals surface area contributed by atoms with Crippen LogP contribution in [-0.2, 0) is 0 Å². The van der Waals surface area contributed by atoms with E-state index >= 15 is 0 Å². The highest BCUT2D eigenvalue weighted by atomic mass is 16.1. The van der Waals surface area contributed by atoms with Gasteiger partial charge < -0.3 is 5.32 Å². The Hall–Kier alpha value is -2.16. The number of hydrogen-bond donors (Lipinski definition) is 1. The number of hydrogen-bond acceptors (Lipinski definition) is 2. The second kappa shape index (κ2) is 5.22. The summed E-state index contributed by atoms with van der Waals surface area (Å²) in [6.45, 7) is 7.97. The molecule has 1 aromatic heterocycles. The zero-order chi connectivity index (χ0) is 14.0. The summed E-state index contributed by atoms with van der Waals surface area (Å²) in [5.41, 5.74) is 5.78. The summed E-state index contributed by atoms with van der Waals surface area (Å²) in [7, 11) is 0. The molecular formula is C16H18N2O. The van der Waals surface area contributed by atoms with E-state index in [1.54, 1.807) is 12.4 Å². The third-order valence-electron chi connectivity index (χ3n) is 3.20. The fourth-order valence-corrected chi connectivity index (χ4v) is 2.26. The highest BCUT2D eigenvalue weighted by Crippen LogP contribution is 2.22. The van der Waals surface area contributed by atoms with Crippen molar-refractivity contribution in [3.63, 3.8) is 0 Å². The third-order valence-corrected chi connectivity index (χ3v) is 3.20. The smallest absolute Gasteiger partial charge is 0.257 e. The molecule has 0 radical (unpaired) electrons. The average Bonchev–Trinajstić information content (AvgIpc) is 2.34. The van der Waals surface area contributed by atoms with Crippen LogP contribution in [0.3, 0.4) is 0 Å². The van der Waals surface area contributed by atoms with E-state index in [0.717, 1.165) is 22.4 Å². The molecule has 0 aliphatic carbocycles. The van der Waals surface area contributed by atoms with Crippen molar-refractivity contribution in [3.8, 4) is 0 Å². The van der Waals surface area contributed by atoms with Gasteiger partial charge in [0.2, 0.25) is 0 Å². The van der Waals surface area contributed by atoms with E-state index in [1.165, 1.54) is 5.56 Å². The van der Waals surface area contributed by atoms with Crippen molar-refractivity contribution in [3.05, 3.63) is 58.4 Å². The minimum absolute atomic E-state index is 0.111. The van der Waals surface area contributed by atoms with E-state index in [0.29, 0.717) is 5.56 Å². The van der Waals surface area contributed by atoms with Crippen molar-refractivity contribution in [1.82, 2.24) is 4.98 Å². The van der Waals surface area contributed by atoms with Crippen LogP contribution in [-0.4, -0.2) is 10.9 Å². The molecular weight excluding hydrogens is 236 g/mol. The number of carbonyl (C=O) groups excluding carboxylic acids is 1. The maximum absolute atomic E-state index is 12.3. The molecule has 1 N–H and O–H groups in total. The Bertz CT molecular complexity index is 609. The average molecular weight is 254 g/mol. The molecule has 0 saturated heterocycles. The number of nitrogens with zero attached hydrogens (tertiary/aromatic N) is 1. The van der Waals surface area contributed by atoms with E-state index in [4.69, 9.17) is 0 Å². The van der Waals surface area contributed by atoms with E-state index in [2.05, 4.69) is 29.4 Å². The first-order chi connectivity index (χ1) is 8.99. The fourth-order valence-electron chi connectivity index (χ4n) is 2.26. The van der Waals surface area contributed by atoms with Crippen LogP contribution < -0.4 is 5.32 Å². The molecule has 2 rings (SSSR count). The number of aromatic nitrogens is 1. The molecule has 1 aromatic carbocycles. The first-order valence-corrected chi connectivity index (χ1v) is 6.29. The molecule has 0 fully saturated rings. The minimum atomic E-state index is -0.111. The van der Waals surface area contributed by atoms with E-state index < -0.39 is 0 Å². The van der Waals surface area contributed by atoms with E-state index in [9.17, 15) is 4.79 Å². The predicted octanol–water partition coefficient (Wildman–Crippen LogP) is 3.57. The van der Waals surface area contributed by atoms with Gasteiger partial charge in [-0.2, -0.15) is 0 Å². The van der Waals surface area contributed by atoms with Crippen LogP contribution in [0.15, 0.2) is 30.6 Å². The van der Waals surface area contributed by atoms with Crippen molar-refractivity contribution in [2.45, 2.75) is 27.7 Å². The van der Waals surface area contributed by atoms with Gasteiger partial charge in [0.05, 0.1) is 5.56 Å². The Morgan fingerprint density at radius 1 is 1.05 bits per heavy atom. The van der Waals surface area contributed by atoms with Crippen LogP contribution in [0, 0.1) is 27.7 Å². The summed E-state index contributed by atoms with van der Waals surface area (Å²) in [6.07, 6.45) is 3.29. The lowest BCUT2D eigenvalue weighted by Crippen LogP contribution is -2.15. The summed E-state index contributed by atoms with van der Waals surface area (Å²) in [4.78, 5) is 16.3. The second-order valence-electron chi connectivity index (χ2n) is 4.92. The summed E-state index contributed by atoms with van der Waals surface area (Å²) in [5, 5.41) is 2.98. The van der Waals surface area contributed by atoms with Gasteiger partial charge in [-0.25, -0.2) is 0 Å². The molecule has 2 aromatic rings. The topological polar surface area (TPSA) is 42.0 Å². The maximum atomic E-state index is 12.3. The van der Waals surface area contributed by atoms with Gasteiger partial charge in [0.15, 0.2) is 0 Å². The number of amides is 1. The van der Waals surface area contributed by atoms with Gasteiger partial charge in [0, 0.05) is 18.1 Å². The standard InChI is InChI=1S/C16H18N2O/c1-10-7-12(3)15(13(4)8-10)18-16(19)14-9-17-6-5-11(14)2/h5-9H,1-4H3,(H,18,19). The Kier molecular flexibility index (Phi) is 3.65. The van der Waals surface area contributed by atoms with Crippen molar-refractivity contribution >= 4 is 11.6 Å². The zero-order valence-corrected chi connectivity index (χ0v) is 11.7. The summed E-state index contributed by atoms with van der Waals surface area (Å²) in [5.74, 6) is -0.111. The van der Waals surface area contributed by atoms with E-state index in [-0.39, 0.29) is 5.91 Å². The quantitative estimate of drug-likeness (QED) is 0.890. The largest absolute Gasteiger partial charge is 0.321 e. The van der Waals surface area contributed by atoms with Crippen LogP contribution in [0.5, 0.6) is 0 Å². The summed E-state index contributed by atoms with van der Waals surface area (Å²) < 4.78 is 0. The van der Waals surface area contributed by atoms with Gasteiger partial charge >= 0.3 is 0 Å². The van der Waals surface area contributed by atoms with Crippen LogP contribution in [0.1, 0.15) is 32.6 Å². The number of rotatable bonds is 2. The number of anilines is 1. The molecule has 0 aliphatic heterocycles. The highest BCUT2D eigenvalue weighted by Gasteiger charge is 2.12. The molecule has 1 heterocycles. The molecule has 1 amide bonds. The Balaban J connectivity index is 2.32. The molecule has 3 nitrogen and oxygen atoms in total. The normalized spacial score (nSPS) is 10.3. The first-order valence-electron chi connectivity index (χ1n) is 6.29. The van der Waals surface area contributed by atoms with Crippen LogP contribution >= 0.6 is 0 Å². The van der Waals surface area contributed by atoms with Crippen LogP contribution in [0.2, 0.25) is 0 Å². The van der Waals surface area contributed by atoms with Gasteiger partial charge in [-0.3, -0.25) is 9.78 Å². The molecule has 0 spiro atoms. The zero-order valence-electron chi connectivity index (χ0n) is 11.7. The fraction of sp³-hybridized carbons (Fsp3) is 0.250. The monoisotopic (exact) mass is 254 g/mol. The number of pyridine rings is 1. The first kappa shape index (κ1) is 13.3. The molecule has 0 unspecified atom stereocenters. The molecule has 98 valence electrons. The van der Waals surface area contributed by atoms with Crippen molar-refractivity contribution in [2.75, 3.05) is 5.32 Å². The van der Waals surface area contributed by atoms with Gasteiger partial charge in [-0.1, -0.05) is 17.7 Å². The van der Waals surface area contributed by atoms with Gasteiger partial charge in [0.1, 0.15) is 0 Å². The molecule has 0 bridgehead atoms. The molecule has 0 saturated carbocycles. The number of carbonyl (C=O) groups is 1. The SMILES string of the molecule is Cc1cc(C)c(NC(=O)c2cnccc2C)c(C)c1. The Morgan fingerprint density at radius 2 is 1.68 bits per heavy atom.